The maximum absolute atomic E-state index is 4.87. The minimum absolute atomic E-state index is 0.0409. The van der Waals surface area contributed by atoms with Gasteiger partial charge in [-0.3, -0.25) is 0 Å². The molecule has 0 amide bonds. The molecule has 1 aromatic rings. The van der Waals surface area contributed by atoms with E-state index in [-0.39, 0.29) is 5.92 Å². The van der Waals surface area contributed by atoms with Crippen LogP contribution in [-0.2, 0) is 0 Å². The van der Waals surface area contributed by atoms with E-state index in [0.29, 0.717) is 17.5 Å². The molecule has 0 saturated carbocycles. The molecule has 6 heteroatoms. The molecular formula is C6H6N4OS. The Morgan fingerprint density at radius 1 is 1.67 bits per heavy atom. The number of nitrogens with one attached hydrogen (secondary N) is 1. The fraction of sp³-hybridized carbons (Fsp3) is 0.333. The third kappa shape index (κ3) is 1.33. The van der Waals surface area contributed by atoms with Crippen molar-refractivity contribution in [2.24, 2.45) is 4.99 Å². The Kier molecular flexibility index (Phi) is 1.83. The average molecular weight is 182 g/mol. The topological polar surface area (TPSA) is 63.3 Å². The van der Waals surface area contributed by atoms with Gasteiger partial charge in [-0.25, -0.2) is 4.99 Å². The summed E-state index contributed by atoms with van der Waals surface area (Å²) in [5.41, 5.74) is 0. The molecule has 0 bridgehead atoms. The van der Waals surface area contributed by atoms with Crippen molar-refractivity contribution >= 4 is 23.5 Å². The fourth-order valence-corrected chi connectivity index (χ4v) is 1.09. The largest absolute Gasteiger partial charge is 0.360 e. The number of hydrogen-bond acceptors (Lipinski definition) is 4. The van der Waals surface area contributed by atoms with Crippen LogP contribution in [0.4, 0.5) is 0 Å². The molecule has 1 aromatic heterocycles. The molecule has 0 spiro atoms. The van der Waals surface area contributed by atoms with Crippen molar-refractivity contribution in [3.63, 3.8) is 0 Å². The van der Waals surface area contributed by atoms with E-state index < -0.39 is 0 Å². The third-order valence-electron chi connectivity index (χ3n) is 1.54. The van der Waals surface area contributed by atoms with Crippen molar-refractivity contribution in [1.82, 2.24) is 15.5 Å². The summed E-state index contributed by atoms with van der Waals surface area (Å²) >= 11 is 4.81. The van der Waals surface area contributed by atoms with Crippen LogP contribution < -0.4 is 5.32 Å². The Hall–Kier alpha value is -1.30. The first-order chi connectivity index (χ1) is 5.86. The predicted octanol–water partition coefficient (Wildman–Crippen LogP) is 0.112. The SMILES string of the molecule is S=C1N=CC(c2ncno2)CN1. The number of thiocarbonyl (C=S) groups is 1. The number of nitrogens with zero attached hydrogens (tertiary/aromatic N) is 3. The number of aromatic nitrogens is 2. The van der Waals surface area contributed by atoms with Crippen LogP contribution in [0.1, 0.15) is 11.8 Å². The van der Waals surface area contributed by atoms with E-state index in [0.717, 1.165) is 0 Å². The second kappa shape index (κ2) is 2.98. The summed E-state index contributed by atoms with van der Waals surface area (Å²) in [6.45, 7) is 0.671. The summed E-state index contributed by atoms with van der Waals surface area (Å²) in [4.78, 5) is 7.85. The lowest BCUT2D eigenvalue weighted by atomic mass is 10.1. The maximum atomic E-state index is 4.87. The number of rotatable bonds is 1. The highest BCUT2D eigenvalue weighted by Gasteiger charge is 2.17. The van der Waals surface area contributed by atoms with Gasteiger partial charge in [0.05, 0.1) is 5.92 Å². The highest BCUT2D eigenvalue weighted by molar-refractivity contribution is 7.80. The fourth-order valence-electron chi connectivity index (χ4n) is 0.949. The van der Waals surface area contributed by atoms with Crippen molar-refractivity contribution < 1.29 is 4.52 Å². The average Bonchev–Trinajstić information content (AvgIpc) is 2.58. The molecule has 5 nitrogen and oxygen atoms in total. The molecule has 1 unspecified atom stereocenters. The third-order valence-corrected chi connectivity index (χ3v) is 1.79. The standard InChI is InChI=1S/C6H6N4OS/c12-6-7-1-4(2-8-6)5-9-3-10-11-5/h1,3-4H,2H2,(H,8,12). The van der Waals surface area contributed by atoms with Crippen LogP contribution in [0.15, 0.2) is 15.8 Å². The van der Waals surface area contributed by atoms with Gasteiger partial charge in [0, 0.05) is 12.8 Å². The summed E-state index contributed by atoms with van der Waals surface area (Å²) in [6, 6.07) is 0. The molecule has 2 heterocycles. The summed E-state index contributed by atoms with van der Waals surface area (Å²) < 4.78 is 4.87. The van der Waals surface area contributed by atoms with Gasteiger partial charge in [-0.15, -0.1) is 0 Å². The molecule has 1 N–H and O–H groups in total. The van der Waals surface area contributed by atoms with Crippen LogP contribution in [0.2, 0.25) is 0 Å². The van der Waals surface area contributed by atoms with Crippen molar-refractivity contribution in [3.8, 4) is 0 Å². The number of aliphatic imine (C=N–C) groups is 1. The van der Waals surface area contributed by atoms with Crippen molar-refractivity contribution in [2.75, 3.05) is 6.54 Å². The van der Waals surface area contributed by atoms with Gasteiger partial charge in [-0.2, -0.15) is 4.98 Å². The molecule has 62 valence electrons. The summed E-state index contributed by atoms with van der Waals surface area (Å²) in [7, 11) is 0. The molecular weight excluding hydrogens is 176 g/mol. The molecule has 1 aliphatic rings. The highest BCUT2D eigenvalue weighted by Crippen LogP contribution is 2.10. The predicted molar refractivity (Wildman–Crippen MR) is 46.1 cm³/mol. The van der Waals surface area contributed by atoms with E-state index in [1.807, 2.05) is 0 Å². The molecule has 1 atom stereocenters. The highest BCUT2D eigenvalue weighted by atomic mass is 32.1. The minimum Gasteiger partial charge on any atom is -0.360 e. The second-order valence-corrected chi connectivity index (χ2v) is 2.74. The smallest absolute Gasteiger partial charge is 0.236 e. The molecule has 0 radical (unpaired) electrons. The lowest BCUT2D eigenvalue weighted by molar-refractivity contribution is 0.371. The Labute approximate surface area is 73.9 Å². The Morgan fingerprint density at radius 3 is 3.17 bits per heavy atom. The summed E-state index contributed by atoms with van der Waals surface area (Å²) in [5.74, 6) is 0.605. The normalized spacial score (nSPS) is 22.3. The van der Waals surface area contributed by atoms with Gasteiger partial charge in [0.25, 0.3) is 0 Å². The lowest BCUT2D eigenvalue weighted by Gasteiger charge is -2.13. The van der Waals surface area contributed by atoms with E-state index in [4.69, 9.17) is 16.7 Å². The van der Waals surface area contributed by atoms with Gasteiger partial charge in [-0.1, -0.05) is 5.16 Å². The van der Waals surface area contributed by atoms with E-state index in [1.54, 1.807) is 6.21 Å². The first-order valence-electron chi connectivity index (χ1n) is 3.45. The number of hydrogen-bond donors (Lipinski definition) is 1. The molecule has 0 fully saturated rings. The zero-order valence-corrected chi connectivity index (χ0v) is 6.91. The molecule has 1 aliphatic heterocycles. The van der Waals surface area contributed by atoms with Crippen LogP contribution in [0, 0.1) is 0 Å². The van der Waals surface area contributed by atoms with Gasteiger partial charge >= 0.3 is 0 Å². The van der Waals surface area contributed by atoms with Crippen LogP contribution >= 0.6 is 12.2 Å². The molecule has 0 saturated heterocycles. The molecule has 0 aliphatic carbocycles. The van der Waals surface area contributed by atoms with Crippen molar-refractivity contribution in [3.05, 3.63) is 12.2 Å². The lowest BCUT2D eigenvalue weighted by Crippen LogP contribution is -2.31. The van der Waals surface area contributed by atoms with Gasteiger partial charge in [-0.05, 0) is 12.2 Å². The van der Waals surface area contributed by atoms with Crippen LogP contribution in [0.3, 0.4) is 0 Å². The maximum Gasteiger partial charge on any atom is 0.236 e. The van der Waals surface area contributed by atoms with Gasteiger partial charge in [0.2, 0.25) is 5.89 Å². The molecule has 0 aromatic carbocycles. The van der Waals surface area contributed by atoms with Gasteiger partial charge < -0.3 is 9.84 Å². The second-order valence-electron chi connectivity index (χ2n) is 2.35. The van der Waals surface area contributed by atoms with Crippen molar-refractivity contribution in [2.45, 2.75) is 5.92 Å². The Balaban J connectivity index is 2.17. The monoisotopic (exact) mass is 182 g/mol. The minimum atomic E-state index is 0.0409. The zero-order valence-electron chi connectivity index (χ0n) is 6.10. The zero-order chi connectivity index (χ0) is 8.39. The summed E-state index contributed by atoms with van der Waals surface area (Å²) in [6.07, 6.45) is 3.09. The molecule has 12 heavy (non-hydrogen) atoms. The van der Waals surface area contributed by atoms with Crippen molar-refractivity contribution in [1.29, 1.82) is 0 Å². The first-order valence-corrected chi connectivity index (χ1v) is 3.85. The Morgan fingerprint density at radius 2 is 2.58 bits per heavy atom. The molecule has 2 rings (SSSR count). The summed E-state index contributed by atoms with van der Waals surface area (Å²) in [5, 5.41) is 6.94. The van der Waals surface area contributed by atoms with Crippen LogP contribution in [-0.4, -0.2) is 28.0 Å². The van der Waals surface area contributed by atoms with Gasteiger partial charge in [0.15, 0.2) is 11.4 Å². The quantitative estimate of drug-likeness (QED) is 0.624. The van der Waals surface area contributed by atoms with Crippen LogP contribution in [0.25, 0.3) is 0 Å². The van der Waals surface area contributed by atoms with E-state index in [1.165, 1.54) is 6.33 Å². The van der Waals surface area contributed by atoms with E-state index >= 15 is 0 Å². The van der Waals surface area contributed by atoms with Crippen LogP contribution in [0.5, 0.6) is 0 Å². The Bertz CT molecular complexity index is 307. The van der Waals surface area contributed by atoms with Gasteiger partial charge in [0.1, 0.15) is 0 Å². The van der Waals surface area contributed by atoms with E-state index in [2.05, 4.69) is 20.4 Å². The first kappa shape index (κ1) is 7.35. The van der Waals surface area contributed by atoms with E-state index in [9.17, 15) is 0 Å².